The molecule has 1 atom stereocenters. The van der Waals surface area contributed by atoms with E-state index in [1.807, 2.05) is 67.4 Å². The smallest absolute Gasteiger partial charge is 0.238 e. The lowest BCUT2D eigenvalue weighted by Gasteiger charge is -2.26. The highest BCUT2D eigenvalue weighted by molar-refractivity contribution is 6.02. The lowest BCUT2D eigenvalue weighted by atomic mass is 10.1. The van der Waals surface area contributed by atoms with Crippen LogP contribution in [0, 0.1) is 0 Å². The third-order valence-electron chi connectivity index (χ3n) is 5.19. The number of ether oxygens (including phenoxy) is 1. The van der Waals surface area contributed by atoms with Gasteiger partial charge in [-0.3, -0.25) is 14.5 Å². The largest absolute Gasteiger partial charge is 0.496 e. The highest BCUT2D eigenvalue weighted by Crippen LogP contribution is 2.30. The number of methoxy groups -OCH3 is 1. The molecule has 0 aliphatic carbocycles. The number of nitrogens with zero attached hydrogens (tertiary/aromatic N) is 2. The summed E-state index contributed by atoms with van der Waals surface area (Å²) >= 11 is 0. The quantitative estimate of drug-likeness (QED) is 0.798. The fourth-order valence-corrected chi connectivity index (χ4v) is 3.52. The molecule has 0 radical (unpaired) electrons. The van der Waals surface area contributed by atoms with E-state index in [9.17, 15) is 9.59 Å². The molecule has 0 saturated carbocycles. The third-order valence-corrected chi connectivity index (χ3v) is 5.19. The zero-order chi connectivity index (χ0) is 20.1. The molecule has 1 N–H and O–H groups in total. The van der Waals surface area contributed by atoms with E-state index in [4.69, 9.17) is 4.74 Å². The number of amides is 2. The Hall–Kier alpha value is -2.86. The van der Waals surface area contributed by atoms with E-state index in [-0.39, 0.29) is 24.4 Å². The van der Waals surface area contributed by atoms with Crippen molar-refractivity contribution < 1.29 is 14.3 Å². The SMILES string of the molecule is COc1ccccc1C(C)N(C)CC(=O)Nc1ccccc1N1CCCC1=O. The summed E-state index contributed by atoms with van der Waals surface area (Å²) in [6, 6.07) is 15.3. The lowest BCUT2D eigenvalue weighted by molar-refractivity contribution is -0.118. The molecule has 1 unspecified atom stereocenters. The Bertz CT molecular complexity index is 852. The molecule has 2 aromatic carbocycles. The predicted molar refractivity (Wildman–Crippen MR) is 111 cm³/mol. The van der Waals surface area contributed by atoms with Crippen molar-refractivity contribution in [2.75, 3.05) is 37.5 Å². The van der Waals surface area contributed by atoms with Gasteiger partial charge in [0.2, 0.25) is 11.8 Å². The van der Waals surface area contributed by atoms with E-state index in [1.165, 1.54) is 0 Å². The van der Waals surface area contributed by atoms with Crippen molar-refractivity contribution in [3.05, 3.63) is 54.1 Å². The van der Waals surface area contributed by atoms with Crippen LogP contribution < -0.4 is 15.0 Å². The van der Waals surface area contributed by atoms with E-state index in [2.05, 4.69) is 5.32 Å². The predicted octanol–water partition coefficient (Wildman–Crippen LogP) is 3.45. The van der Waals surface area contributed by atoms with Crippen LogP contribution in [0.5, 0.6) is 5.75 Å². The van der Waals surface area contributed by atoms with Crippen LogP contribution in [0.2, 0.25) is 0 Å². The first-order valence-electron chi connectivity index (χ1n) is 9.53. The average molecular weight is 381 g/mol. The van der Waals surface area contributed by atoms with Gasteiger partial charge in [0.25, 0.3) is 0 Å². The van der Waals surface area contributed by atoms with Gasteiger partial charge in [-0.15, -0.1) is 0 Å². The van der Waals surface area contributed by atoms with Crippen molar-refractivity contribution in [3.63, 3.8) is 0 Å². The first kappa shape index (κ1) is 19.9. The molecule has 28 heavy (non-hydrogen) atoms. The Labute approximate surface area is 166 Å². The monoisotopic (exact) mass is 381 g/mol. The van der Waals surface area contributed by atoms with E-state index >= 15 is 0 Å². The number of hydrogen-bond donors (Lipinski definition) is 1. The molecule has 1 aliphatic rings. The molecular formula is C22H27N3O3. The number of rotatable bonds is 7. The summed E-state index contributed by atoms with van der Waals surface area (Å²) in [6.45, 7) is 2.96. The molecule has 3 rings (SSSR count). The molecule has 1 fully saturated rings. The molecule has 1 saturated heterocycles. The normalized spacial score (nSPS) is 15.0. The molecule has 6 heteroatoms. The van der Waals surface area contributed by atoms with Gasteiger partial charge in [-0.05, 0) is 38.6 Å². The highest BCUT2D eigenvalue weighted by atomic mass is 16.5. The van der Waals surface area contributed by atoms with Crippen molar-refractivity contribution >= 4 is 23.2 Å². The minimum Gasteiger partial charge on any atom is -0.496 e. The summed E-state index contributed by atoms with van der Waals surface area (Å²) in [6.07, 6.45) is 1.40. The first-order valence-corrected chi connectivity index (χ1v) is 9.53. The van der Waals surface area contributed by atoms with Crippen LogP contribution in [0.25, 0.3) is 0 Å². The maximum Gasteiger partial charge on any atom is 0.238 e. The van der Waals surface area contributed by atoms with E-state index < -0.39 is 0 Å². The van der Waals surface area contributed by atoms with Gasteiger partial charge < -0.3 is 15.0 Å². The number of hydrogen-bond acceptors (Lipinski definition) is 4. The topological polar surface area (TPSA) is 61.9 Å². The summed E-state index contributed by atoms with van der Waals surface area (Å²) in [5, 5.41) is 2.97. The van der Waals surface area contributed by atoms with Gasteiger partial charge in [-0.2, -0.15) is 0 Å². The molecule has 148 valence electrons. The van der Waals surface area contributed by atoms with E-state index in [1.54, 1.807) is 12.0 Å². The number of benzene rings is 2. The van der Waals surface area contributed by atoms with Gasteiger partial charge >= 0.3 is 0 Å². The number of likely N-dealkylation sites (N-methyl/N-ethyl adjacent to an activating group) is 1. The maximum absolute atomic E-state index is 12.7. The first-order chi connectivity index (χ1) is 13.5. The molecule has 0 aromatic heterocycles. The lowest BCUT2D eigenvalue weighted by Crippen LogP contribution is -2.33. The molecule has 2 amide bonds. The molecule has 0 bridgehead atoms. The number of carbonyl (C=O) groups excluding carboxylic acids is 2. The Morgan fingerprint density at radius 1 is 1.21 bits per heavy atom. The Morgan fingerprint density at radius 2 is 1.93 bits per heavy atom. The van der Waals surface area contributed by atoms with Crippen molar-refractivity contribution in [2.45, 2.75) is 25.8 Å². The Morgan fingerprint density at radius 3 is 2.64 bits per heavy atom. The third kappa shape index (κ3) is 4.34. The van der Waals surface area contributed by atoms with Crippen molar-refractivity contribution in [1.29, 1.82) is 0 Å². The standard InChI is InChI=1S/C22H27N3O3/c1-16(17-9-4-7-12-20(17)28-3)24(2)15-21(26)23-18-10-5-6-11-19(18)25-14-8-13-22(25)27/h4-7,9-12,16H,8,13-15H2,1-3H3,(H,23,26). The summed E-state index contributed by atoms with van der Waals surface area (Å²) in [7, 11) is 3.56. The minimum atomic E-state index is -0.122. The highest BCUT2D eigenvalue weighted by Gasteiger charge is 2.24. The second kappa shape index (κ2) is 8.89. The van der Waals surface area contributed by atoms with Crippen molar-refractivity contribution in [2.24, 2.45) is 0 Å². The van der Waals surface area contributed by atoms with Gasteiger partial charge in [-0.1, -0.05) is 30.3 Å². The van der Waals surface area contributed by atoms with Crippen LogP contribution in [0.4, 0.5) is 11.4 Å². The minimum absolute atomic E-state index is 0.0114. The van der Waals surface area contributed by atoms with Crippen LogP contribution >= 0.6 is 0 Å². The number of carbonyl (C=O) groups is 2. The van der Waals surface area contributed by atoms with Crippen LogP contribution in [-0.4, -0.2) is 44.0 Å². The van der Waals surface area contributed by atoms with Gasteiger partial charge in [0.05, 0.1) is 25.0 Å². The molecule has 6 nitrogen and oxygen atoms in total. The maximum atomic E-state index is 12.7. The Balaban J connectivity index is 1.68. The molecule has 1 heterocycles. The van der Waals surface area contributed by atoms with Crippen molar-refractivity contribution in [3.8, 4) is 5.75 Å². The van der Waals surface area contributed by atoms with Crippen LogP contribution in [0.1, 0.15) is 31.4 Å². The summed E-state index contributed by atoms with van der Waals surface area (Å²) in [4.78, 5) is 28.5. The molecule has 2 aromatic rings. The molecular weight excluding hydrogens is 354 g/mol. The fourth-order valence-electron chi connectivity index (χ4n) is 3.52. The van der Waals surface area contributed by atoms with E-state index in [0.29, 0.717) is 18.7 Å². The van der Waals surface area contributed by atoms with Crippen LogP contribution in [0.3, 0.4) is 0 Å². The van der Waals surface area contributed by atoms with E-state index in [0.717, 1.165) is 23.4 Å². The van der Waals surface area contributed by atoms with Crippen LogP contribution in [0.15, 0.2) is 48.5 Å². The number of para-hydroxylation sites is 3. The number of anilines is 2. The Kier molecular flexibility index (Phi) is 6.31. The van der Waals surface area contributed by atoms with Gasteiger partial charge in [0, 0.05) is 24.6 Å². The fraction of sp³-hybridized carbons (Fsp3) is 0.364. The number of nitrogens with one attached hydrogen (secondary N) is 1. The molecule has 0 spiro atoms. The van der Waals surface area contributed by atoms with Crippen molar-refractivity contribution in [1.82, 2.24) is 4.90 Å². The van der Waals surface area contributed by atoms with Gasteiger partial charge in [0.15, 0.2) is 0 Å². The summed E-state index contributed by atoms with van der Waals surface area (Å²) < 4.78 is 5.44. The summed E-state index contributed by atoms with van der Waals surface area (Å²) in [5.74, 6) is 0.784. The zero-order valence-corrected chi connectivity index (χ0v) is 16.6. The van der Waals surface area contributed by atoms with Gasteiger partial charge in [0.1, 0.15) is 5.75 Å². The van der Waals surface area contributed by atoms with Crippen LogP contribution in [-0.2, 0) is 9.59 Å². The zero-order valence-electron chi connectivity index (χ0n) is 16.6. The average Bonchev–Trinajstić information content (AvgIpc) is 3.13. The second-order valence-corrected chi connectivity index (χ2v) is 7.05. The van der Waals surface area contributed by atoms with Gasteiger partial charge in [-0.25, -0.2) is 0 Å². The molecule has 1 aliphatic heterocycles. The summed E-state index contributed by atoms with van der Waals surface area (Å²) in [5.41, 5.74) is 2.46. The second-order valence-electron chi connectivity index (χ2n) is 7.05.